The van der Waals surface area contributed by atoms with Crippen LogP contribution in [0.1, 0.15) is 64.2 Å². The Morgan fingerprint density at radius 2 is 0.857 bits per heavy atom. The third-order valence-electron chi connectivity index (χ3n) is 9.06. The van der Waals surface area contributed by atoms with Gasteiger partial charge in [-0.15, -0.1) is 0 Å². The zero-order valence-electron chi connectivity index (χ0n) is 12.8. The van der Waals surface area contributed by atoms with Crippen LogP contribution in [0.5, 0.6) is 0 Å². The third-order valence-corrected chi connectivity index (χ3v) is 11.0. The maximum absolute atomic E-state index is 4.21. The molecule has 0 aliphatic heterocycles. The summed E-state index contributed by atoms with van der Waals surface area (Å²) in [5.41, 5.74) is 0.794. The average molecular weight is 414 g/mol. The molecule has 0 radical (unpaired) electrons. The van der Waals surface area contributed by atoms with Gasteiger partial charge >= 0.3 is 0 Å². The summed E-state index contributed by atoms with van der Waals surface area (Å²) in [5, 5.41) is 0. The molecule has 0 heterocycles. The quantitative estimate of drug-likeness (QED) is 0.432. The van der Waals surface area contributed by atoms with E-state index in [1.165, 1.54) is 38.5 Å². The third kappa shape index (κ3) is 1.50. The molecule has 0 aromatic heterocycles. The molecule has 8 rings (SSSR count). The van der Waals surface area contributed by atoms with Gasteiger partial charge in [0, 0.05) is 8.65 Å². The van der Waals surface area contributed by atoms with Crippen LogP contribution >= 0.6 is 31.9 Å². The van der Waals surface area contributed by atoms with Crippen LogP contribution in [0.3, 0.4) is 0 Å². The SMILES string of the molecule is BrC12CC3CC(C1)C1(C(C3)C2)C2CC3CC1CC(Br)(C3)C2. The van der Waals surface area contributed by atoms with E-state index in [4.69, 9.17) is 0 Å². The summed E-state index contributed by atoms with van der Waals surface area (Å²) in [7, 11) is 0. The van der Waals surface area contributed by atoms with Crippen LogP contribution in [0.15, 0.2) is 0 Å². The van der Waals surface area contributed by atoms with Gasteiger partial charge in [0.15, 0.2) is 0 Å². The van der Waals surface area contributed by atoms with Crippen LogP contribution in [-0.4, -0.2) is 8.65 Å². The lowest BCUT2D eigenvalue weighted by atomic mass is 9.32. The van der Waals surface area contributed by atoms with Gasteiger partial charge in [-0.25, -0.2) is 0 Å². The van der Waals surface area contributed by atoms with E-state index in [9.17, 15) is 0 Å². The van der Waals surface area contributed by atoms with Gasteiger partial charge < -0.3 is 0 Å². The highest BCUT2D eigenvalue weighted by Crippen LogP contribution is 2.78. The first-order valence-corrected chi connectivity index (χ1v) is 11.0. The van der Waals surface area contributed by atoms with Crippen molar-refractivity contribution in [3.8, 4) is 0 Å². The number of hydrogen-bond donors (Lipinski definition) is 0. The lowest BCUT2D eigenvalue weighted by molar-refractivity contribution is -0.223. The summed E-state index contributed by atoms with van der Waals surface area (Å²) in [4.78, 5) is 0. The zero-order chi connectivity index (χ0) is 14.0. The van der Waals surface area contributed by atoms with Crippen molar-refractivity contribution in [3.05, 3.63) is 0 Å². The van der Waals surface area contributed by atoms with Crippen LogP contribution in [0.25, 0.3) is 0 Å². The Labute approximate surface area is 145 Å². The van der Waals surface area contributed by atoms with Crippen molar-refractivity contribution in [3.63, 3.8) is 0 Å². The molecule has 0 aromatic carbocycles. The van der Waals surface area contributed by atoms with Crippen LogP contribution in [0.4, 0.5) is 0 Å². The number of hydrogen-bond acceptors (Lipinski definition) is 0. The minimum Gasteiger partial charge on any atom is -0.0853 e. The lowest BCUT2D eigenvalue weighted by Crippen LogP contribution is -2.69. The van der Waals surface area contributed by atoms with E-state index in [0.717, 1.165) is 40.9 Å². The molecule has 8 bridgehead atoms. The van der Waals surface area contributed by atoms with Gasteiger partial charge in [0.25, 0.3) is 0 Å². The molecule has 2 heteroatoms. The summed E-state index contributed by atoms with van der Waals surface area (Å²) in [6, 6.07) is 0. The first-order chi connectivity index (χ1) is 9.99. The Hall–Kier alpha value is 0.960. The van der Waals surface area contributed by atoms with Crippen molar-refractivity contribution in [2.75, 3.05) is 0 Å². The van der Waals surface area contributed by atoms with Crippen molar-refractivity contribution >= 4 is 31.9 Å². The van der Waals surface area contributed by atoms with E-state index in [0.29, 0.717) is 8.65 Å². The Morgan fingerprint density at radius 3 is 1.14 bits per heavy atom. The van der Waals surface area contributed by atoms with Crippen molar-refractivity contribution < 1.29 is 0 Å². The monoisotopic (exact) mass is 412 g/mol. The minimum atomic E-state index is 0.565. The largest absolute Gasteiger partial charge is 0.0853 e. The van der Waals surface area contributed by atoms with Gasteiger partial charge in [0.2, 0.25) is 0 Å². The Balaban J connectivity index is 1.48. The van der Waals surface area contributed by atoms with Gasteiger partial charge in [0.1, 0.15) is 0 Å². The molecular weight excluding hydrogens is 388 g/mol. The Kier molecular flexibility index (Phi) is 2.39. The van der Waals surface area contributed by atoms with Gasteiger partial charge in [-0.3, -0.25) is 0 Å². The minimum absolute atomic E-state index is 0.565. The molecule has 4 unspecified atom stereocenters. The lowest BCUT2D eigenvalue weighted by Gasteiger charge is -2.75. The predicted molar refractivity (Wildman–Crippen MR) is 92.9 cm³/mol. The topological polar surface area (TPSA) is 0 Å². The molecule has 8 saturated carbocycles. The molecule has 8 aliphatic carbocycles. The highest BCUT2D eigenvalue weighted by Gasteiger charge is 2.71. The molecule has 1 spiro atoms. The summed E-state index contributed by atoms with van der Waals surface area (Å²) in [6.45, 7) is 0. The van der Waals surface area contributed by atoms with Gasteiger partial charge in [0.05, 0.1) is 0 Å². The first-order valence-electron chi connectivity index (χ1n) is 9.37. The fourth-order valence-electron chi connectivity index (χ4n) is 9.29. The van der Waals surface area contributed by atoms with Crippen LogP contribution in [0, 0.1) is 40.9 Å². The van der Waals surface area contributed by atoms with E-state index < -0.39 is 0 Å². The van der Waals surface area contributed by atoms with Crippen LogP contribution in [0.2, 0.25) is 0 Å². The maximum atomic E-state index is 4.21. The van der Waals surface area contributed by atoms with Crippen LogP contribution < -0.4 is 0 Å². The maximum Gasteiger partial charge on any atom is 0.0266 e. The summed E-state index contributed by atoms with van der Waals surface area (Å²) in [6.07, 6.45) is 15.5. The molecule has 0 N–H and O–H groups in total. The molecule has 21 heavy (non-hydrogen) atoms. The molecule has 116 valence electrons. The predicted octanol–water partition coefficient (Wildman–Crippen LogP) is 5.92. The van der Waals surface area contributed by atoms with Crippen LogP contribution in [-0.2, 0) is 0 Å². The molecule has 4 atom stereocenters. The van der Waals surface area contributed by atoms with E-state index in [1.54, 1.807) is 25.7 Å². The zero-order valence-corrected chi connectivity index (χ0v) is 16.0. The second-order valence-electron chi connectivity index (χ2n) is 9.99. The van der Waals surface area contributed by atoms with E-state index in [2.05, 4.69) is 31.9 Å². The van der Waals surface area contributed by atoms with Crippen molar-refractivity contribution in [2.45, 2.75) is 72.9 Å². The Bertz CT molecular complexity index is 430. The molecule has 0 amide bonds. The molecule has 0 nitrogen and oxygen atoms in total. The normalized spacial score (nSPS) is 70.0. The molecule has 8 fully saturated rings. The van der Waals surface area contributed by atoms with Crippen molar-refractivity contribution in [2.24, 2.45) is 40.9 Å². The summed E-state index contributed by atoms with van der Waals surface area (Å²) < 4.78 is 1.13. The number of alkyl halides is 2. The summed E-state index contributed by atoms with van der Waals surface area (Å²) in [5.74, 6) is 6.46. The molecular formula is C19H26Br2. The Morgan fingerprint density at radius 1 is 0.524 bits per heavy atom. The van der Waals surface area contributed by atoms with Crippen molar-refractivity contribution in [1.82, 2.24) is 0 Å². The first kappa shape index (κ1) is 13.3. The fraction of sp³-hybridized carbons (Fsp3) is 1.00. The highest BCUT2D eigenvalue weighted by molar-refractivity contribution is 9.10. The molecule has 8 aliphatic rings. The van der Waals surface area contributed by atoms with Gasteiger partial charge in [-0.2, -0.15) is 0 Å². The van der Waals surface area contributed by atoms with Crippen molar-refractivity contribution in [1.29, 1.82) is 0 Å². The van der Waals surface area contributed by atoms with E-state index in [-0.39, 0.29) is 0 Å². The number of rotatable bonds is 0. The second kappa shape index (κ2) is 3.79. The standard InChI is InChI=1S/C19H26Br2/c20-17-5-11-1-13(7-17)19(14(2-11)8-17)15-3-12-4-16(19)10-18(21,6-12)9-15/h11-16H,1-10H2. The fourth-order valence-corrected chi connectivity index (χ4v) is 11.8. The number of halogens is 2. The second-order valence-corrected chi connectivity index (χ2v) is 13.4. The molecule has 0 saturated heterocycles. The van der Waals surface area contributed by atoms with Gasteiger partial charge in [-0.1, -0.05) is 31.9 Å². The van der Waals surface area contributed by atoms with Gasteiger partial charge in [-0.05, 0) is 105 Å². The smallest absolute Gasteiger partial charge is 0.0266 e. The highest BCUT2D eigenvalue weighted by atomic mass is 79.9. The van der Waals surface area contributed by atoms with E-state index >= 15 is 0 Å². The molecule has 0 aromatic rings. The van der Waals surface area contributed by atoms with E-state index in [1.807, 2.05) is 0 Å². The average Bonchev–Trinajstić information content (AvgIpc) is 2.33. The summed E-state index contributed by atoms with van der Waals surface area (Å²) >= 11 is 8.42.